The molecule has 3 heteroatoms. The van der Waals surface area contributed by atoms with Crippen molar-refractivity contribution in [3.05, 3.63) is 33.4 Å². The molecule has 0 fully saturated rings. The summed E-state index contributed by atoms with van der Waals surface area (Å²) in [6.45, 7) is 5.07. The normalized spacial score (nSPS) is 20.3. The van der Waals surface area contributed by atoms with Crippen LogP contribution < -0.4 is 0 Å². The number of ether oxygens (including phenoxy) is 1. The molecule has 0 amide bonds. The van der Waals surface area contributed by atoms with E-state index in [1.54, 1.807) is 0 Å². The Balaban J connectivity index is 2.22. The summed E-state index contributed by atoms with van der Waals surface area (Å²) in [5.41, 5.74) is 1.09. The lowest BCUT2D eigenvalue weighted by atomic mass is 10.1. The van der Waals surface area contributed by atoms with Gasteiger partial charge in [0.1, 0.15) is 6.61 Å². The van der Waals surface area contributed by atoms with Gasteiger partial charge < -0.3 is 4.74 Å². The zero-order valence-corrected chi connectivity index (χ0v) is 11.1. The average molecular weight is 315 g/mol. The summed E-state index contributed by atoms with van der Waals surface area (Å²) in [5.74, 6) is 1.34. The van der Waals surface area contributed by atoms with Gasteiger partial charge in [0.2, 0.25) is 5.90 Å². The molecule has 0 spiro atoms. The van der Waals surface area contributed by atoms with Gasteiger partial charge in [-0.2, -0.15) is 0 Å². The van der Waals surface area contributed by atoms with E-state index in [0.29, 0.717) is 12.0 Å². The minimum Gasteiger partial charge on any atom is -0.475 e. The summed E-state index contributed by atoms with van der Waals surface area (Å²) < 4.78 is 6.83. The maximum Gasteiger partial charge on any atom is 0.216 e. The van der Waals surface area contributed by atoms with Gasteiger partial charge in [0.15, 0.2) is 0 Å². The van der Waals surface area contributed by atoms with Crippen LogP contribution in [-0.2, 0) is 4.74 Å². The van der Waals surface area contributed by atoms with Crippen LogP contribution in [0.3, 0.4) is 0 Å². The van der Waals surface area contributed by atoms with Crippen molar-refractivity contribution in [3.63, 3.8) is 0 Å². The highest BCUT2D eigenvalue weighted by Crippen LogP contribution is 2.18. The Morgan fingerprint density at radius 3 is 2.87 bits per heavy atom. The largest absolute Gasteiger partial charge is 0.475 e. The molecule has 0 aliphatic carbocycles. The van der Waals surface area contributed by atoms with Crippen LogP contribution in [0.4, 0.5) is 0 Å². The van der Waals surface area contributed by atoms with E-state index < -0.39 is 0 Å². The van der Waals surface area contributed by atoms with Crippen LogP contribution in [0.15, 0.2) is 29.3 Å². The molecule has 0 N–H and O–H groups in total. The van der Waals surface area contributed by atoms with Crippen molar-refractivity contribution in [1.29, 1.82) is 0 Å². The molecule has 2 nitrogen and oxygen atoms in total. The number of halogens is 1. The molecule has 1 atom stereocenters. The fraction of sp³-hybridized carbons (Fsp3) is 0.417. The van der Waals surface area contributed by atoms with Gasteiger partial charge >= 0.3 is 0 Å². The predicted octanol–water partition coefficient (Wildman–Crippen LogP) is 3.09. The van der Waals surface area contributed by atoms with Gasteiger partial charge in [0.05, 0.1) is 6.04 Å². The van der Waals surface area contributed by atoms with Gasteiger partial charge in [-0.25, -0.2) is 4.99 Å². The fourth-order valence-electron chi connectivity index (χ4n) is 1.51. The SMILES string of the molecule is CC(C)[C@@H]1COC(c2cccc(I)c2)=N1. The van der Waals surface area contributed by atoms with E-state index in [1.165, 1.54) is 3.57 Å². The van der Waals surface area contributed by atoms with E-state index in [2.05, 4.69) is 53.6 Å². The van der Waals surface area contributed by atoms with Gasteiger partial charge in [0.25, 0.3) is 0 Å². The van der Waals surface area contributed by atoms with Crippen LogP contribution >= 0.6 is 22.6 Å². The van der Waals surface area contributed by atoms with Crippen LogP contribution in [0, 0.1) is 9.49 Å². The number of rotatable bonds is 2. The van der Waals surface area contributed by atoms with E-state index >= 15 is 0 Å². The quantitative estimate of drug-likeness (QED) is 0.769. The van der Waals surface area contributed by atoms with Crippen LogP contribution in [0.25, 0.3) is 0 Å². The third-order valence-corrected chi connectivity index (χ3v) is 3.19. The van der Waals surface area contributed by atoms with Gasteiger partial charge in [0, 0.05) is 9.13 Å². The second-order valence-electron chi connectivity index (χ2n) is 4.07. The molecule has 0 saturated heterocycles. The molecule has 0 bridgehead atoms. The Morgan fingerprint density at radius 1 is 1.47 bits per heavy atom. The standard InChI is InChI=1S/C12H14INO/c1-8(2)11-7-15-12(14-11)9-4-3-5-10(13)6-9/h3-6,8,11H,7H2,1-2H3/t11-/m0/s1. The first-order chi connectivity index (χ1) is 7.16. The Morgan fingerprint density at radius 2 is 2.27 bits per heavy atom. The molecule has 15 heavy (non-hydrogen) atoms. The van der Waals surface area contributed by atoms with E-state index in [-0.39, 0.29) is 0 Å². The summed E-state index contributed by atoms with van der Waals surface area (Å²) in [4.78, 5) is 4.59. The summed E-state index contributed by atoms with van der Waals surface area (Å²) in [7, 11) is 0. The molecular weight excluding hydrogens is 301 g/mol. The number of aliphatic imine (C=N–C) groups is 1. The molecule has 0 saturated carbocycles. The minimum absolute atomic E-state index is 0.317. The molecule has 1 aromatic carbocycles. The van der Waals surface area contributed by atoms with Gasteiger partial charge in [-0.05, 0) is 46.7 Å². The third-order valence-electron chi connectivity index (χ3n) is 2.52. The smallest absolute Gasteiger partial charge is 0.216 e. The highest BCUT2D eigenvalue weighted by atomic mass is 127. The molecule has 1 aliphatic rings. The van der Waals surface area contributed by atoms with Crippen molar-refractivity contribution >= 4 is 28.5 Å². The van der Waals surface area contributed by atoms with E-state index in [4.69, 9.17) is 4.74 Å². The first kappa shape index (κ1) is 10.9. The van der Waals surface area contributed by atoms with Gasteiger partial charge in [-0.15, -0.1) is 0 Å². The van der Waals surface area contributed by atoms with Crippen LogP contribution in [0.5, 0.6) is 0 Å². The summed E-state index contributed by atoms with van der Waals surface area (Å²) in [5, 5.41) is 0. The highest BCUT2D eigenvalue weighted by molar-refractivity contribution is 14.1. The van der Waals surface area contributed by atoms with Crippen LogP contribution in [-0.4, -0.2) is 18.5 Å². The molecule has 1 aliphatic heterocycles. The van der Waals surface area contributed by atoms with E-state index in [1.807, 2.05) is 12.1 Å². The van der Waals surface area contributed by atoms with Crippen LogP contribution in [0.1, 0.15) is 19.4 Å². The molecule has 1 heterocycles. The third kappa shape index (κ3) is 2.51. The molecule has 0 radical (unpaired) electrons. The van der Waals surface area contributed by atoms with Crippen molar-refractivity contribution < 1.29 is 4.74 Å². The monoisotopic (exact) mass is 315 g/mol. The van der Waals surface area contributed by atoms with Gasteiger partial charge in [-0.1, -0.05) is 19.9 Å². The summed E-state index contributed by atoms with van der Waals surface area (Å²) >= 11 is 2.30. The Bertz CT molecular complexity index is 387. The average Bonchev–Trinajstić information content (AvgIpc) is 2.66. The summed E-state index contributed by atoms with van der Waals surface area (Å²) in [6.07, 6.45) is 0. The fourth-order valence-corrected chi connectivity index (χ4v) is 2.05. The van der Waals surface area contributed by atoms with E-state index in [0.717, 1.165) is 18.1 Å². The second kappa shape index (κ2) is 4.51. The minimum atomic E-state index is 0.317. The van der Waals surface area contributed by atoms with Gasteiger partial charge in [-0.3, -0.25) is 0 Å². The van der Waals surface area contributed by atoms with Crippen molar-refractivity contribution in [2.45, 2.75) is 19.9 Å². The van der Waals surface area contributed by atoms with Crippen molar-refractivity contribution in [3.8, 4) is 0 Å². The van der Waals surface area contributed by atoms with Crippen molar-refractivity contribution in [1.82, 2.24) is 0 Å². The maximum absolute atomic E-state index is 5.61. The van der Waals surface area contributed by atoms with Crippen LogP contribution in [0.2, 0.25) is 0 Å². The Kier molecular flexibility index (Phi) is 3.29. The van der Waals surface area contributed by atoms with Crippen molar-refractivity contribution in [2.75, 3.05) is 6.61 Å². The lowest BCUT2D eigenvalue weighted by molar-refractivity contribution is 0.292. The second-order valence-corrected chi connectivity index (χ2v) is 5.31. The first-order valence-corrected chi connectivity index (χ1v) is 6.21. The topological polar surface area (TPSA) is 21.6 Å². The molecule has 2 rings (SSSR count). The molecule has 0 aromatic heterocycles. The lowest BCUT2D eigenvalue weighted by Gasteiger charge is -2.06. The number of benzene rings is 1. The number of hydrogen-bond acceptors (Lipinski definition) is 2. The predicted molar refractivity (Wildman–Crippen MR) is 70.3 cm³/mol. The zero-order valence-electron chi connectivity index (χ0n) is 8.90. The van der Waals surface area contributed by atoms with E-state index in [9.17, 15) is 0 Å². The van der Waals surface area contributed by atoms with Crippen molar-refractivity contribution in [2.24, 2.45) is 10.9 Å². The number of nitrogens with zero attached hydrogens (tertiary/aromatic N) is 1. The Hall–Kier alpha value is -0.580. The Labute approximate surface area is 104 Å². The lowest BCUT2D eigenvalue weighted by Crippen LogP contribution is -2.13. The number of hydrogen-bond donors (Lipinski definition) is 0. The highest BCUT2D eigenvalue weighted by Gasteiger charge is 2.22. The summed E-state index contributed by atoms with van der Waals surface area (Å²) in [6, 6.07) is 8.56. The molecule has 80 valence electrons. The molecule has 1 aromatic rings. The maximum atomic E-state index is 5.61. The molecule has 0 unspecified atom stereocenters. The first-order valence-electron chi connectivity index (χ1n) is 5.13. The molecular formula is C12H14INO. The zero-order chi connectivity index (χ0) is 10.8.